The lowest BCUT2D eigenvalue weighted by Crippen LogP contribution is -2.37. The highest BCUT2D eigenvalue weighted by atomic mass is 16.5. The summed E-state index contributed by atoms with van der Waals surface area (Å²) in [4.78, 5) is 0. The minimum absolute atomic E-state index is 0.430. The summed E-state index contributed by atoms with van der Waals surface area (Å²) >= 11 is 0. The van der Waals surface area contributed by atoms with Gasteiger partial charge in [-0.25, -0.2) is 0 Å². The van der Waals surface area contributed by atoms with Gasteiger partial charge in [0.1, 0.15) is 5.75 Å². The number of benzene rings is 1. The summed E-state index contributed by atoms with van der Waals surface area (Å²) in [5, 5.41) is 3.64. The molecule has 2 heteroatoms. The highest BCUT2D eigenvalue weighted by Gasteiger charge is 2.36. The molecule has 1 aromatic carbocycles. The Kier molecular flexibility index (Phi) is 5.32. The lowest BCUT2D eigenvalue weighted by Gasteiger charge is -2.42. The van der Waals surface area contributed by atoms with Crippen LogP contribution in [0.3, 0.4) is 0 Å². The molecule has 2 atom stereocenters. The Morgan fingerprint density at radius 1 is 1.29 bits per heavy atom. The van der Waals surface area contributed by atoms with Crippen LogP contribution < -0.4 is 10.1 Å². The molecule has 21 heavy (non-hydrogen) atoms. The zero-order valence-electron chi connectivity index (χ0n) is 14.3. The Labute approximate surface area is 130 Å². The van der Waals surface area contributed by atoms with Crippen molar-refractivity contribution in [2.75, 3.05) is 13.7 Å². The summed E-state index contributed by atoms with van der Waals surface area (Å²) in [5.41, 5.74) is 1.82. The van der Waals surface area contributed by atoms with Gasteiger partial charge < -0.3 is 10.1 Å². The molecule has 1 aliphatic rings. The van der Waals surface area contributed by atoms with E-state index < -0.39 is 0 Å². The fraction of sp³-hybridized carbons (Fsp3) is 0.684. The van der Waals surface area contributed by atoms with E-state index in [0.717, 1.165) is 12.3 Å². The summed E-state index contributed by atoms with van der Waals surface area (Å²) < 4.78 is 5.62. The van der Waals surface area contributed by atoms with Gasteiger partial charge in [-0.3, -0.25) is 0 Å². The fourth-order valence-corrected chi connectivity index (χ4v) is 3.61. The second kappa shape index (κ2) is 6.83. The summed E-state index contributed by atoms with van der Waals surface area (Å²) in [6.45, 7) is 10.4. The summed E-state index contributed by atoms with van der Waals surface area (Å²) in [6, 6.07) is 9.12. The standard InChI is InChI=1S/C19H31NO/c1-14(2)20-13-15-10-11-19(3,4)12-17(15)16-8-6-7-9-18(16)21-5/h6-9,14-15,17,20H,10-13H2,1-5H3. The van der Waals surface area contributed by atoms with Crippen molar-refractivity contribution in [3.8, 4) is 5.75 Å². The molecule has 1 fully saturated rings. The summed E-state index contributed by atoms with van der Waals surface area (Å²) in [6.07, 6.45) is 3.87. The van der Waals surface area contributed by atoms with Gasteiger partial charge in [-0.2, -0.15) is 0 Å². The molecule has 0 aromatic heterocycles. The number of ether oxygens (including phenoxy) is 1. The fourth-order valence-electron chi connectivity index (χ4n) is 3.61. The number of para-hydroxylation sites is 1. The van der Waals surface area contributed by atoms with Gasteiger partial charge in [0, 0.05) is 6.04 Å². The molecule has 118 valence electrons. The van der Waals surface area contributed by atoms with E-state index in [1.807, 2.05) is 0 Å². The predicted molar refractivity (Wildman–Crippen MR) is 90.0 cm³/mol. The largest absolute Gasteiger partial charge is 0.496 e. The number of nitrogens with one attached hydrogen (secondary N) is 1. The maximum absolute atomic E-state index is 5.62. The first-order chi connectivity index (χ1) is 9.93. The van der Waals surface area contributed by atoms with E-state index in [2.05, 4.69) is 57.3 Å². The van der Waals surface area contributed by atoms with Crippen molar-refractivity contribution < 1.29 is 4.74 Å². The number of methoxy groups -OCH3 is 1. The Morgan fingerprint density at radius 3 is 2.67 bits per heavy atom. The Hall–Kier alpha value is -1.02. The molecule has 0 heterocycles. The zero-order valence-corrected chi connectivity index (χ0v) is 14.3. The van der Waals surface area contributed by atoms with Crippen LogP contribution in [0.5, 0.6) is 5.75 Å². The van der Waals surface area contributed by atoms with Gasteiger partial charge in [-0.05, 0) is 54.7 Å². The minimum atomic E-state index is 0.430. The first-order valence-electron chi connectivity index (χ1n) is 8.29. The molecule has 0 radical (unpaired) electrons. The molecule has 0 aliphatic heterocycles. The first-order valence-corrected chi connectivity index (χ1v) is 8.29. The predicted octanol–water partition coefficient (Wildman–Crippen LogP) is 4.60. The third-order valence-corrected chi connectivity index (χ3v) is 4.86. The van der Waals surface area contributed by atoms with E-state index in [-0.39, 0.29) is 0 Å². The average Bonchev–Trinajstić information content (AvgIpc) is 2.45. The number of rotatable bonds is 5. The van der Waals surface area contributed by atoms with Gasteiger partial charge in [0.15, 0.2) is 0 Å². The van der Waals surface area contributed by atoms with E-state index in [0.29, 0.717) is 23.3 Å². The molecule has 0 amide bonds. The molecule has 1 aromatic rings. The molecule has 1 aliphatic carbocycles. The van der Waals surface area contributed by atoms with E-state index >= 15 is 0 Å². The van der Waals surface area contributed by atoms with Crippen LogP contribution in [0.2, 0.25) is 0 Å². The van der Waals surface area contributed by atoms with Crippen molar-refractivity contribution in [1.29, 1.82) is 0 Å². The second-order valence-electron chi connectivity index (χ2n) is 7.58. The van der Waals surface area contributed by atoms with Crippen molar-refractivity contribution in [2.24, 2.45) is 11.3 Å². The molecule has 0 spiro atoms. The van der Waals surface area contributed by atoms with Crippen LogP contribution in [0, 0.1) is 11.3 Å². The number of hydrogen-bond acceptors (Lipinski definition) is 2. The highest BCUT2D eigenvalue weighted by Crippen LogP contribution is 2.48. The topological polar surface area (TPSA) is 21.3 Å². The summed E-state index contributed by atoms with van der Waals surface area (Å²) in [5.74, 6) is 2.35. The molecular formula is C19H31NO. The van der Waals surface area contributed by atoms with E-state index in [1.54, 1.807) is 7.11 Å². The van der Waals surface area contributed by atoms with E-state index in [4.69, 9.17) is 4.74 Å². The molecule has 1 N–H and O–H groups in total. The Bertz CT molecular complexity index is 451. The molecule has 2 unspecified atom stereocenters. The molecule has 0 bridgehead atoms. The maximum Gasteiger partial charge on any atom is 0.122 e. The van der Waals surface area contributed by atoms with Crippen LogP contribution in [0.25, 0.3) is 0 Å². The lowest BCUT2D eigenvalue weighted by molar-refractivity contribution is 0.156. The van der Waals surface area contributed by atoms with Crippen LogP contribution in [-0.2, 0) is 0 Å². The van der Waals surface area contributed by atoms with Crippen molar-refractivity contribution in [3.05, 3.63) is 29.8 Å². The van der Waals surface area contributed by atoms with Crippen molar-refractivity contribution in [2.45, 2.75) is 58.9 Å². The average molecular weight is 289 g/mol. The van der Waals surface area contributed by atoms with Crippen molar-refractivity contribution in [3.63, 3.8) is 0 Å². The van der Waals surface area contributed by atoms with Crippen molar-refractivity contribution in [1.82, 2.24) is 5.32 Å². The molecule has 2 rings (SSSR count). The second-order valence-corrected chi connectivity index (χ2v) is 7.58. The van der Waals surface area contributed by atoms with Gasteiger partial charge in [0.25, 0.3) is 0 Å². The quantitative estimate of drug-likeness (QED) is 0.855. The van der Waals surface area contributed by atoms with Crippen LogP contribution in [0.4, 0.5) is 0 Å². The zero-order chi connectivity index (χ0) is 15.5. The van der Waals surface area contributed by atoms with Gasteiger partial charge in [-0.15, -0.1) is 0 Å². The normalized spacial score (nSPS) is 25.0. The maximum atomic E-state index is 5.62. The van der Waals surface area contributed by atoms with Gasteiger partial charge >= 0.3 is 0 Å². The van der Waals surface area contributed by atoms with Crippen LogP contribution in [-0.4, -0.2) is 19.7 Å². The number of hydrogen-bond donors (Lipinski definition) is 1. The molecule has 2 nitrogen and oxygen atoms in total. The Balaban J connectivity index is 2.24. The van der Waals surface area contributed by atoms with Crippen LogP contribution in [0.15, 0.2) is 24.3 Å². The lowest BCUT2D eigenvalue weighted by atomic mass is 9.65. The van der Waals surface area contributed by atoms with Crippen LogP contribution in [0.1, 0.15) is 58.4 Å². The molecular weight excluding hydrogens is 258 g/mol. The monoisotopic (exact) mass is 289 g/mol. The summed E-state index contributed by atoms with van der Waals surface area (Å²) in [7, 11) is 1.79. The van der Waals surface area contributed by atoms with Crippen LogP contribution >= 0.6 is 0 Å². The smallest absolute Gasteiger partial charge is 0.122 e. The first kappa shape index (κ1) is 16.4. The highest BCUT2D eigenvalue weighted by molar-refractivity contribution is 5.37. The Morgan fingerprint density at radius 2 is 2.00 bits per heavy atom. The van der Waals surface area contributed by atoms with Gasteiger partial charge in [-0.1, -0.05) is 45.9 Å². The third kappa shape index (κ3) is 4.23. The van der Waals surface area contributed by atoms with Crippen molar-refractivity contribution >= 4 is 0 Å². The minimum Gasteiger partial charge on any atom is -0.496 e. The van der Waals surface area contributed by atoms with E-state index in [9.17, 15) is 0 Å². The molecule has 0 saturated heterocycles. The third-order valence-electron chi connectivity index (χ3n) is 4.86. The van der Waals surface area contributed by atoms with E-state index in [1.165, 1.54) is 24.8 Å². The SMILES string of the molecule is COc1ccccc1C1CC(C)(C)CCC1CNC(C)C. The van der Waals surface area contributed by atoms with Gasteiger partial charge in [0.05, 0.1) is 7.11 Å². The van der Waals surface area contributed by atoms with Gasteiger partial charge in [0.2, 0.25) is 0 Å². The molecule has 1 saturated carbocycles.